The second-order valence-corrected chi connectivity index (χ2v) is 10.9. The molecular formula is C26H33N3O5S. The first-order valence-corrected chi connectivity index (χ1v) is 13.7. The van der Waals surface area contributed by atoms with Crippen molar-refractivity contribution >= 4 is 33.2 Å². The summed E-state index contributed by atoms with van der Waals surface area (Å²) in [5, 5.41) is 0. The van der Waals surface area contributed by atoms with Crippen LogP contribution in [0.2, 0.25) is 0 Å². The van der Waals surface area contributed by atoms with Crippen molar-refractivity contribution < 1.29 is 22.7 Å². The van der Waals surface area contributed by atoms with E-state index in [0.717, 1.165) is 30.5 Å². The Balaban J connectivity index is 1.60. The number of amides is 2. The molecule has 0 saturated carbocycles. The lowest BCUT2D eigenvalue weighted by Crippen LogP contribution is -2.43. The highest BCUT2D eigenvalue weighted by molar-refractivity contribution is 7.89. The molecule has 0 aliphatic carbocycles. The van der Waals surface area contributed by atoms with Crippen molar-refractivity contribution in [3.8, 4) is 5.75 Å². The third-order valence-electron chi connectivity index (χ3n) is 6.73. The molecule has 0 radical (unpaired) electrons. The van der Waals surface area contributed by atoms with Crippen molar-refractivity contribution in [2.75, 3.05) is 43.1 Å². The summed E-state index contributed by atoms with van der Waals surface area (Å²) in [6.07, 6.45) is 4.30. The predicted molar refractivity (Wildman–Crippen MR) is 135 cm³/mol. The zero-order chi connectivity index (χ0) is 25.0. The Morgan fingerprint density at radius 2 is 1.71 bits per heavy atom. The minimum Gasteiger partial charge on any atom is -0.497 e. The second-order valence-electron chi connectivity index (χ2n) is 8.92. The number of nitrogens with zero attached hydrogens (tertiary/aromatic N) is 3. The van der Waals surface area contributed by atoms with Crippen molar-refractivity contribution in [2.45, 2.75) is 50.3 Å². The van der Waals surface area contributed by atoms with Crippen molar-refractivity contribution in [1.29, 1.82) is 0 Å². The van der Waals surface area contributed by atoms with Gasteiger partial charge in [-0.15, -0.1) is 0 Å². The second kappa shape index (κ2) is 10.8. The molecule has 188 valence electrons. The fraction of sp³-hybridized carbons (Fsp3) is 0.462. The number of hydrogen-bond donors (Lipinski definition) is 0. The summed E-state index contributed by atoms with van der Waals surface area (Å²) in [4.78, 5) is 29.7. The van der Waals surface area contributed by atoms with Crippen LogP contribution in [0.3, 0.4) is 0 Å². The number of carbonyl (C=O) groups is 2. The first kappa shape index (κ1) is 25.2. The standard InChI is InChI=1S/C26H33N3O5S/c1-3-28(21-10-12-22(34-2)13-11-21)26(31)19-29-24-15-14-23(18-20(24)8-7-9-25(29)30)35(32,33)27-16-5-4-6-17-27/h10-15,18H,3-9,16-17,19H2,1-2H3. The molecule has 0 unspecified atom stereocenters. The van der Waals surface area contributed by atoms with Crippen LogP contribution in [-0.2, 0) is 26.0 Å². The molecule has 0 atom stereocenters. The molecule has 8 nitrogen and oxygen atoms in total. The molecule has 0 aromatic heterocycles. The molecule has 2 aromatic rings. The average Bonchev–Trinajstić information content (AvgIpc) is 3.03. The Morgan fingerprint density at radius 1 is 1.00 bits per heavy atom. The zero-order valence-electron chi connectivity index (χ0n) is 20.4. The Kier molecular flexibility index (Phi) is 7.76. The van der Waals surface area contributed by atoms with Gasteiger partial charge in [-0.2, -0.15) is 4.31 Å². The number of carbonyl (C=O) groups excluding carboxylic acids is 2. The molecule has 1 fully saturated rings. The molecule has 2 aliphatic heterocycles. The van der Waals surface area contributed by atoms with Crippen LogP contribution in [0.25, 0.3) is 0 Å². The lowest BCUT2D eigenvalue weighted by Gasteiger charge is -2.28. The monoisotopic (exact) mass is 499 g/mol. The highest BCUT2D eigenvalue weighted by Crippen LogP contribution is 2.31. The number of ether oxygens (including phenoxy) is 1. The molecular weight excluding hydrogens is 466 g/mol. The van der Waals surface area contributed by atoms with Gasteiger partial charge in [0.2, 0.25) is 21.8 Å². The number of rotatable bonds is 7. The molecule has 4 rings (SSSR count). The summed E-state index contributed by atoms with van der Waals surface area (Å²) >= 11 is 0. The topological polar surface area (TPSA) is 87.2 Å². The third kappa shape index (κ3) is 5.36. The summed E-state index contributed by atoms with van der Waals surface area (Å²) in [6, 6.07) is 12.2. The summed E-state index contributed by atoms with van der Waals surface area (Å²) in [5.74, 6) is 0.364. The van der Waals surface area contributed by atoms with E-state index in [0.29, 0.717) is 50.3 Å². The molecule has 2 aromatic carbocycles. The maximum Gasteiger partial charge on any atom is 0.247 e. The van der Waals surface area contributed by atoms with Gasteiger partial charge in [0.15, 0.2) is 0 Å². The average molecular weight is 500 g/mol. The molecule has 1 saturated heterocycles. The molecule has 0 bridgehead atoms. The largest absolute Gasteiger partial charge is 0.497 e. The maximum atomic E-state index is 13.3. The van der Waals surface area contributed by atoms with Crippen molar-refractivity contribution in [1.82, 2.24) is 4.31 Å². The Labute approximate surface area is 207 Å². The number of anilines is 2. The Hall–Kier alpha value is -2.91. The number of hydrogen-bond acceptors (Lipinski definition) is 5. The molecule has 2 aliphatic rings. The molecule has 9 heteroatoms. The smallest absolute Gasteiger partial charge is 0.247 e. The van der Waals surface area contributed by atoms with E-state index in [9.17, 15) is 18.0 Å². The van der Waals surface area contributed by atoms with Crippen LogP contribution in [0.15, 0.2) is 47.4 Å². The molecule has 35 heavy (non-hydrogen) atoms. The predicted octanol–water partition coefficient (Wildman–Crippen LogP) is 3.59. The molecule has 2 amide bonds. The van der Waals surface area contributed by atoms with E-state index in [4.69, 9.17) is 4.74 Å². The van der Waals surface area contributed by atoms with Gasteiger partial charge in [0, 0.05) is 37.4 Å². The highest BCUT2D eigenvalue weighted by atomic mass is 32.2. The summed E-state index contributed by atoms with van der Waals surface area (Å²) in [7, 11) is -1.99. The Morgan fingerprint density at radius 3 is 2.37 bits per heavy atom. The summed E-state index contributed by atoms with van der Waals surface area (Å²) < 4.78 is 33.1. The van der Waals surface area contributed by atoms with Crippen molar-refractivity contribution in [3.05, 3.63) is 48.0 Å². The van der Waals surface area contributed by atoms with E-state index in [1.165, 1.54) is 4.90 Å². The van der Waals surface area contributed by atoms with Gasteiger partial charge in [0.25, 0.3) is 0 Å². The number of benzene rings is 2. The van der Waals surface area contributed by atoms with Crippen LogP contribution < -0.4 is 14.5 Å². The van der Waals surface area contributed by atoms with Gasteiger partial charge in [0.05, 0.1) is 12.0 Å². The number of methoxy groups -OCH3 is 1. The van der Waals surface area contributed by atoms with Crippen LogP contribution in [0.5, 0.6) is 5.75 Å². The van der Waals surface area contributed by atoms with Gasteiger partial charge in [-0.3, -0.25) is 9.59 Å². The fourth-order valence-electron chi connectivity index (χ4n) is 4.80. The lowest BCUT2D eigenvalue weighted by molar-refractivity contribution is -0.122. The maximum absolute atomic E-state index is 13.3. The first-order valence-electron chi connectivity index (χ1n) is 12.2. The Bertz CT molecular complexity index is 1170. The number of sulfonamides is 1. The first-order chi connectivity index (χ1) is 16.8. The minimum absolute atomic E-state index is 0.107. The minimum atomic E-state index is -3.58. The van der Waals surface area contributed by atoms with Crippen LogP contribution in [-0.4, -0.2) is 57.8 Å². The van der Waals surface area contributed by atoms with Crippen molar-refractivity contribution in [3.63, 3.8) is 0 Å². The van der Waals surface area contributed by atoms with E-state index in [1.807, 2.05) is 19.1 Å². The van der Waals surface area contributed by atoms with E-state index in [1.54, 1.807) is 46.6 Å². The van der Waals surface area contributed by atoms with Gasteiger partial charge in [0.1, 0.15) is 12.3 Å². The summed E-state index contributed by atoms with van der Waals surface area (Å²) in [5.41, 5.74) is 2.13. The van der Waals surface area contributed by atoms with E-state index < -0.39 is 10.0 Å². The van der Waals surface area contributed by atoms with E-state index >= 15 is 0 Å². The molecule has 0 spiro atoms. The third-order valence-corrected chi connectivity index (χ3v) is 8.62. The summed E-state index contributed by atoms with van der Waals surface area (Å²) in [6.45, 7) is 3.31. The van der Waals surface area contributed by atoms with Crippen LogP contribution in [0.1, 0.15) is 44.6 Å². The highest BCUT2D eigenvalue weighted by Gasteiger charge is 2.30. The fourth-order valence-corrected chi connectivity index (χ4v) is 6.37. The number of likely N-dealkylation sites (N-methyl/N-ethyl adjacent to an activating group) is 1. The van der Waals surface area contributed by atoms with Gasteiger partial charge in [-0.05, 0) is 80.6 Å². The lowest BCUT2D eigenvalue weighted by atomic mass is 10.1. The quantitative estimate of drug-likeness (QED) is 0.581. The number of fused-ring (bicyclic) bond motifs is 1. The van der Waals surface area contributed by atoms with Gasteiger partial charge in [-0.1, -0.05) is 6.42 Å². The zero-order valence-corrected chi connectivity index (χ0v) is 21.2. The van der Waals surface area contributed by atoms with Crippen LogP contribution >= 0.6 is 0 Å². The number of aryl methyl sites for hydroxylation is 1. The normalized spacial score (nSPS) is 17.0. The van der Waals surface area contributed by atoms with Gasteiger partial charge < -0.3 is 14.5 Å². The molecule has 0 N–H and O–H groups in total. The SMILES string of the molecule is CCN(C(=O)CN1C(=O)CCCc2cc(S(=O)(=O)N3CCCCC3)ccc21)c1ccc(OC)cc1. The number of piperidine rings is 1. The van der Waals surface area contributed by atoms with Crippen LogP contribution in [0.4, 0.5) is 11.4 Å². The van der Waals surface area contributed by atoms with Gasteiger partial charge in [-0.25, -0.2) is 8.42 Å². The molecule has 2 heterocycles. The van der Waals surface area contributed by atoms with E-state index in [-0.39, 0.29) is 23.3 Å². The van der Waals surface area contributed by atoms with E-state index in [2.05, 4.69) is 0 Å². The van der Waals surface area contributed by atoms with Crippen molar-refractivity contribution in [2.24, 2.45) is 0 Å². The van der Waals surface area contributed by atoms with Crippen LogP contribution in [0, 0.1) is 0 Å². The van der Waals surface area contributed by atoms with Gasteiger partial charge >= 0.3 is 0 Å².